The fraction of sp³-hybridized carbons (Fsp3) is 0.429. The lowest BCUT2D eigenvalue weighted by Gasteiger charge is -2.38. The fourth-order valence-electron chi connectivity index (χ4n) is 1.95. The van der Waals surface area contributed by atoms with Crippen molar-refractivity contribution < 1.29 is 27.9 Å². The molecule has 0 saturated heterocycles. The number of aliphatic carboxylic acids is 1. The van der Waals surface area contributed by atoms with E-state index in [0.717, 1.165) is 6.92 Å². The maximum atomic E-state index is 13.2. The predicted octanol–water partition coefficient (Wildman–Crippen LogP) is 2.83. The summed E-state index contributed by atoms with van der Waals surface area (Å²) in [5.74, 6) is -2.98. The Morgan fingerprint density at radius 3 is 2.10 bits per heavy atom. The zero-order chi connectivity index (χ0) is 16.3. The molecule has 0 aliphatic heterocycles. The number of carbonyl (C=O) groups excluding carboxylic acids is 1. The quantitative estimate of drug-likeness (QED) is 0.851. The first kappa shape index (κ1) is 17.0. The van der Waals surface area contributed by atoms with Crippen LogP contribution < -0.4 is 0 Å². The first-order valence-electron chi connectivity index (χ1n) is 6.30. The van der Waals surface area contributed by atoms with Gasteiger partial charge in [0.25, 0.3) is 0 Å². The second kappa shape index (κ2) is 6.15. The number of rotatable bonds is 5. The molecule has 0 bridgehead atoms. The number of hydrogen-bond donors (Lipinski definition) is 1. The van der Waals surface area contributed by atoms with E-state index in [2.05, 4.69) is 0 Å². The molecule has 0 radical (unpaired) electrons. The van der Waals surface area contributed by atoms with Crippen LogP contribution in [-0.2, 0) is 16.0 Å². The molecule has 1 amide bonds. The number of amides is 1. The van der Waals surface area contributed by atoms with Gasteiger partial charge in [-0.1, -0.05) is 37.3 Å². The molecule has 1 unspecified atom stereocenters. The summed E-state index contributed by atoms with van der Waals surface area (Å²) in [6.07, 6.45) is -5.93. The van der Waals surface area contributed by atoms with Crippen LogP contribution in [0, 0.1) is 0 Å². The van der Waals surface area contributed by atoms with Crippen molar-refractivity contribution in [1.29, 1.82) is 0 Å². The van der Waals surface area contributed by atoms with E-state index in [1.165, 1.54) is 19.1 Å². The summed E-state index contributed by atoms with van der Waals surface area (Å²) >= 11 is 0. The summed E-state index contributed by atoms with van der Waals surface area (Å²) in [6.45, 7) is 2.19. The standard InChI is InChI=1S/C14H16F3NO3/c1-3-13(2,12(20)21)18(14(15,16)17)11(19)9-10-7-5-4-6-8-10/h4-8H,3,9H2,1-2H3,(H,20,21). The predicted molar refractivity (Wildman–Crippen MR) is 69.4 cm³/mol. The zero-order valence-electron chi connectivity index (χ0n) is 11.6. The Bertz CT molecular complexity index is 516. The van der Waals surface area contributed by atoms with Crippen molar-refractivity contribution in [3.8, 4) is 0 Å². The first-order chi connectivity index (χ1) is 9.63. The molecule has 1 rings (SSSR count). The molecular formula is C14H16F3NO3. The van der Waals surface area contributed by atoms with Gasteiger partial charge in [-0.15, -0.1) is 13.2 Å². The summed E-state index contributed by atoms with van der Waals surface area (Å²) in [4.78, 5) is 22.7. The molecule has 1 N–H and O–H groups in total. The Morgan fingerprint density at radius 2 is 1.71 bits per heavy atom. The fourth-order valence-corrected chi connectivity index (χ4v) is 1.95. The van der Waals surface area contributed by atoms with Crippen LogP contribution in [0.15, 0.2) is 30.3 Å². The minimum atomic E-state index is -5.06. The summed E-state index contributed by atoms with van der Waals surface area (Å²) < 4.78 is 39.5. The van der Waals surface area contributed by atoms with Crippen molar-refractivity contribution in [2.24, 2.45) is 0 Å². The SMILES string of the molecule is CCC(C)(C(=O)O)N(C(=O)Cc1ccccc1)C(F)(F)F. The van der Waals surface area contributed by atoms with Gasteiger partial charge in [-0.2, -0.15) is 0 Å². The minimum absolute atomic E-state index is 0.359. The smallest absolute Gasteiger partial charge is 0.480 e. The second-order valence-corrected chi connectivity index (χ2v) is 4.79. The molecular weight excluding hydrogens is 287 g/mol. The number of carboxylic acids is 1. The largest absolute Gasteiger partial charge is 0.488 e. The van der Waals surface area contributed by atoms with E-state index >= 15 is 0 Å². The molecule has 4 nitrogen and oxygen atoms in total. The van der Waals surface area contributed by atoms with Gasteiger partial charge in [0, 0.05) is 0 Å². The van der Waals surface area contributed by atoms with Crippen LogP contribution in [0.25, 0.3) is 0 Å². The molecule has 1 aromatic carbocycles. The van der Waals surface area contributed by atoms with Crippen molar-refractivity contribution in [3.63, 3.8) is 0 Å². The van der Waals surface area contributed by atoms with E-state index in [9.17, 15) is 22.8 Å². The number of nitrogens with zero attached hydrogens (tertiary/aromatic N) is 1. The Labute approximate surface area is 120 Å². The van der Waals surface area contributed by atoms with Crippen LogP contribution in [0.4, 0.5) is 13.2 Å². The second-order valence-electron chi connectivity index (χ2n) is 4.79. The Hall–Kier alpha value is -2.05. The molecule has 0 aliphatic rings. The molecule has 0 heterocycles. The summed E-state index contributed by atoms with van der Waals surface area (Å²) in [6, 6.07) is 7.88. The van der Waals surface area contributed by atoms with Gasteiger partial charge < -0.3 is 5.11 Å². The van der Waals surface area contributed by atoms with Gasteiger partial charge >= 0.3 is 12.3 Å². The van der Waals surface area contributed by atoms with Gasteiger partial charge in [-0.25, -0.2) is 9.69 Å². The summed E-state index contributed by atoms with van der Waals surface area (Å²) in [5, 5.41) is 9.09. The highest BCUT2D eigenvalue weighted by molar-refractivity contribution is 5.88. The Morgan fingerprint density at radius 1 is 1.19 bits per heavy atom. The van der Waals surface area contributed by atoms with Crippen molar-refractivity contribution in [2.75, 3.05) is 0 Å². The third-order valence-electron chi connectivity index (χ3n) is 3.34. The molecule has 0 aliphatic carbocycles. The normalized spacial score (nSPS) is 14.3. The molecule has 7 heteroatoms. The zero-order valence-corrected chi connectivity index (χ0v) is 11.6. The Balaban J connectivity index is 3.15. The van der Waals surface area contributed by atoms with E-state index in [-0.39, 0.29) is 6.42 Å². The van der Waals surface area contributed by atoms with Gasteiger partial charge in [0.1, 0.15) is 5.54 Å². The minimum Gasteiger partial charge on any atom is -0.480 e. The van der Waals surface area contributed by atoms with Gasteiger partial charge in [0.15, 0.2) is 0 Å². The number of carboxylic acid groups (broad SMARTS) is 1. The van der Waals surface area contributed by atoms with Crippen molar-refractivity contribution >= 4 is 11.9 Å². The van der Waals surface area contributed by atoms with E-state index < -0.39 is 35.0 Å². The number of benzene rings is 1. The molecule has 0 aromatic heterocycles. The number of hydrogen-bond acceptors (Lipinski definition) is 2. The van der Waals surface area contributed by atoms with Gasteiger partial charge in [0.2, 0.25) is 5.91 Å². The maximum absolute atomic E-state index is 13.2. The van der Waals surface area contributed by atoms with Crippen LogP contribution in [0.2, 0.25) is 0 Å². The topological polar surface area (TPSA) is 57.6 Å². The van der Waals surface area contributed by atoms with Crippen LogP contribution in [0.3, 0.4) is 0 Å². The van der Waals surface area contributed by atoms with Crippen LogP contribution >= 0.6 is 0 Å². The third-order valence-corrected chi connectivity index (χ3v) is 3.34. The number of halogens is 3. The third kappa shape index (κ3) is 3.74. The lowest BCUT2D eigenvalue weighted by atomic mass is 9.95. The number of carbonyl (C=O) groups is 2. The molecule has 0 spiro atoms. The highest BCUT2D eigenvalue weighted by Crippen LogP contribution is 2.33. The lowest BCUT2D eigenvalue weighted by molar-refractivity contribution is -0.266. The summed E-state index contributed by atoms with van der Waals surface area (Å²) in [5.41, 5.74) is -1.94. The van der Waals surface area contributed by atoms with Crippen LogP contribution in [0.1, 0.15) is 25.8 Å². The van der Waals surface area contributed by atoms with Gasteiger partial charge in [-0.05, 0) is 18.9 Å². The average molecular weight is 303 g/mol. The highest BCUT2D eigenvalue weighted by atomic mass is 19.4. The molecule has 0 fully saturated rings. The average Bonchev–Trinajstić information content (AvgIpc) is 2.37. The maximum Gasteiger partial charge on any atom is 0.488 e. The van der Waals surface area contributed by atoms with Crippen molar-refractivity contribution in [3.05, 3.63) is 35.9 Å². The van der Waals surface area contributed by atoms with Crippen molar-refractivity contribution in [1.82, 2.24) is 4.90 Å². The van der Waals surface area contributed by atoms with E-state index in [4.69, 9.17) is 5.11 Å². The van der Waals surface area contributed by atoms with Gasteiger partial charge in [0.05, 0.1) is 6.42 Å². The number of alkyl halides is 3. The van der Waals surface area contributed by atoms with Crippen LogP contribution in [0.5, 0.6) is 0 Å². The molecule has 1 aromatic rings. The van der Waals surface area contributed by atoms with Crippen molar-refractivity contribution in [2.45, 2.75) is 38.5 Å². The first-order valence-corrected chi connectivity index (χ1v) is 6.30. The summed E-state index contributed by atoms with van der Waals surface area (Å²) in [7, 11) is 0. The van der Waals surface area contributed by atoms with E-state index in [1.807, 2.05) is 0 Å². The lowest BCUT2D eigenvalue weighted by Crippen LogP contribution is -2.61. The Kier molecular flexibility index (Phi) is 4.98. The van der Waals surface area contributed by atoms with E-state index in [0.29, 0.717) is 5.56 Å². The van der Waals surface area contributed by atoms with Gasteiger partial charge in [-0.3, -0.25) is 4.79 Å². The molecule has 116 valence electrons. The molecule has 21 heavy (non-hydrogen) atoms. The molecule has 1 atom stereocenters. The van der Waals surface area contributed by atoms with Crippen LogP contribution in [-0.4, -0.2) is 33.7 Å². The molecule has 0 saturated carbocycles. The highest BCUT2D eigenvalue weighted by Gasteiger charge is 2.54. The monoisotopic (exact) mass is 303 g/mol. The van der Waals surface area contributed by atoms with E-state index in [1.54, 1.807) is 18.2 Å².